The van der Waals surface area contributed by atoms with Crippen LogP contribution < -0.4 is 0 Å². The topological polar surface area (TPSA) is 20.3 Å². The maximum atomic E-state index is 12.2. The van der Waals surface area contributed by atoms with E-state index in [4.69, 9.17) is 0 Å². The van der Waals surface area contributed by atoms with E-state index in [2.05, 4.69) is 29.5 Å². The molecule has 0 spiro atoms. The number of hydrogen-bond donors (Lipinski definition) is 0. The van der Waals surface area contributed by atoms with Crippen molar-refractivity contribution in [2.75, 3.05) is 18.8 Å². The Morgan fingerprint density at radius 1 is 1.44 bits per heavy atom. The molecule has 2 rings (SSSR count). The molecule has 16 heavy (non-hydrogen) atoms. The maximum Gasteiger partial charge on any atom is 0.253 e. The van der Waals surface area contributed by atoms with Crippen LogP contribution in [-0.4, -0.2) is 34.9 Å². The minimum atomic E-state index is 0.170. The number of rotatable bonds is 1. The number of thioether (sulfide) groups is 1. The van der Waals surface area contributed by atoms with Crippen LogP contribution in [-0.2, 0) is 0 Å². The molecule has 0 N–H and O–H groups in total. The van der Waals surface area contributed by atoms with Gasteiger partial charge < -0.3 is 4.90 Å². The Hall–Kier alpha value is -0.230. The maximum absolute atomic E-state index is 12.2. The summed E-state index contributed by atoms with van der Waals surface area (Å²) in [6, 6.07) is 7.79. The highest BCUT2D eigenvalue weighted by molar-refractivity contribution is 14.1. The molecule has 0 bridgehead atoms. The number of halogens is 1. The fourth-order valence-electron chi connectivity index (χ4n) is 1.78. The van der Waals surface area contributed by atoms with E-state index < -0.39 is 0 Å². The highest BCUT2D eigenvalue weighted by Gasteiger charge is 2.21. The Bertz CT molecular complexity index is 379. The van der Waals surface area contributed by atoms with E-state index in [9.17, 15) is 4.79 Å². The van der Waals surface area contributed by atoms with Crippen LogP contribution in [0.2, 0.25) is 0 Å². The van der Waals surface area contributed by atoms with E-state index in [0.29, 0.717) is 5.25 Å². The van der Waals surface area contributed by atoms with Crippen LogP contribution in [0.3, 0.4) is 0 Å². The average Bonchev–Trinajstić information content (AvgIpc) is 2.29. The van der Waals surface area contributed by atoms with Crippen molar-refractivity contribution in [3.63, 3.8) is 0 Å². The number of hydrogen-bond acceptors (Lipinski definition) is 2. The third-order valence-electron chi connectivity index (χ3n) is 2.62. The standard InChI is InChI=1S/C12H14INOS/c1-9-8-14(6-7-16-9)12(15)10-2-4-11(13)5-3-10/h2-5,9H,6-8H2,1H3. The van der Waals surface area contributed by atoms with Crippen molar-refractivity contribution < 1.29 is 4.79 Å². The molecular weight excluding hydrogens is 333 g/mol. The minimum absolute atomic E-state index is 0.170. The van der Waals surface area contributed by atoms with Crippen LogP contribution in [0.15, 0.2) is 24.3 Å². The van der Waals surface area contributed by atoms with E-state index in [0.717, 1.165) is 28.0 Å². The molecule has 0 aliphatic carbocycles. The smallest absolute Gasteiger partial charge is 0.253 e. The summed E-state index contributed by atoms with van der Waals surface area (Å²) in [5, 5.41) is 0.557. The Morgan fingerprint density at radius 3 is 2.75 bits per heavy atom. The largest absolute Gasteiger partial charge is 0.337 e. The predicted octanol–water partition coefficient (Wildman–Crippen LogP) is 2.87. The molecule has 2 nitrogen and oxygen atoms in total. The summed E-state index contributed by atoms with van der Waals surface area (Å²) < 4.78 is 1.16. The van der Waals surface area contributed by atoms with Gasteiger partial charge in [-0.3, -0.25) is 4.79 Å². The molecule has 1 heterocycles. The minimum Gasteiger partial charge on any atom is -0.337 e. The van der Waals surface area contributed by atoms with Gasteiger partial charge in [0.25, 0.3) is 5.91 Å². The number of amides is 1. The molecule has 1 amide bonds. The average molecular weight is 347 g/mol. The summed E-state index contributed by atoms with van der Waals surface area (Å²) >= 11 is 4.19. The van der Waals surface area contributed by atoms with Gasteiger partial charge in [-0.25, -0.2) is 0 Å². The van der Waals surface area contributed by atoms with Crippen molar-refractivity contribution in [2.45, 2.75) is 12.2 Å². The van der Waals surface area contributed by atoms with E-state index in [1.807, 2.05) is 40.9 Å². The lowest BCUT2D eigenvalue weighted by molar-refractivity contribution is 0.0763. The normalized spacial score (nSPS) is 20.9. The lowest BCUT2D eigenvalue weighted by Crippen LogP contribution is -2.40. The zero-order valence-corrected chi connectivity index (χ0v) is 12.1. The first kappa shape index (κ1) is 12.2. The van der Waals surface area contributed by atoms with Crippen LogP contribution in [0.25, 0.3) is 0 Å². The zero-order chi connectivity index (χ0) is 11.5. The molecular formula is C12H14INOS. The molecule has 1 fully saturated rings. The first-order valence-corrected chi connectivity index (χ1v) is 7.46. The molecule has 1 aliphatic heterocycles. The van der Waals surface area contributed by atoms with E-state index in [1.165, 1.54) is 0 Å². The Balaban J connectivity index is 2.09. The molecule has 0 saturated carbocycles. The highest BCUT2D eigenvalue weighted by Crippen LogP contribution is 2.19. The molecule has 86 valence electrons. The zero-order valence-electron chi connectivity index (χ0n) is 9.15. The van der Waals surface area contributed by atoms with Crippen molar-refractivity contribution >= 4 is 40.3 Å². The third kappa shape index (κ3) is 2.91. The van der Waals surface area contributed by atoms with E-state index >= 15 is 0 Å². The second kappa shape index (κ2) is 5.40. The lowest BCUT2D eigenvalue weighted by Gasteiger charge is -2.30. The van der Waals surface area contributed by atoms with Crippen LogP contribution >= 0.6 is 34.4 Å². The van der Waals surface area contributed by atoms with Gasteiger partial charge in [0.15, 0.2) is 0 Å². The van der Waals surface area contributed by atoms with Gasteiger partial charge in [0, 0.05) is 33.2 Å². The second-order valence-electron chi connectivity index (χ2n) is 3.94. The number of nitrogens with zero attached hydrogens (tertiary/aromatic N) is 1. The molecule has 1 aromatic carbocycles. The molecule has 4 heteroatoms. The van der Waals surface area contributed by atoms with Crippen molar-refractivity contribution in [1.29, 1.82) is 0 Å². The van der Waals surface area contributed by atoms with Gasteiger partial charge in [-0.2, -0.15) is 11.8 Å². The fourth-order valence-corrected chi connectivity index (χ4v) is 3.15. The summed E-state index contributed by atoms with van der Waals surface area (Å²) in [5.74, 6) is 1.22. The van der Waals surface area contributed by atoms with E-state index in [-0.39, 0.29) is 5.91 Å². The SMILES string of the molecule is CC1CN(C(=O)c2ccc(I)cc2)CCS1. The summed E-state index contributed by atoms with van der Waals surface area (Å²) in [7, 11) is 0. The van der Waals surface area contributed by atoms with E-state index in [1.54, 1.807) is 0 Å². The van der Waals surface area contributed by atoms with Gasteiger partial charge in [0.2, 0.25) is 0 Å². The summed E-state index contributed by atoms with van der Waals surface area (Å²) in [5.41, 5.74) is 0.805. The van der Waals surface area contributed by atoms with Crippen LogP contribution in [0.4, 0.5) is 0 Å². The lowest BCUT2D eigenvalue weighted by atomic mass is 10.2. The Labute approximate surface area is 114 Å². The van der Waals surface area contributed by atoms with Crippen LogP contribution in [0, 0.1) is 3.57 Å². The highest BCUT2D eigenvalue weighted by atomic mass is 127. The van der Waals surface area contributed by atoms with Gasteiger partial charge in [0.1, 0.15) is 0 Å². The third-order valence-corrected chi connectivity index (χ3v) is 4.48. The van der Waals surface area contributed by atoms with Gasteiger partial charge in [-0.05, 0) is 46.9 Å². The molecule has 0 radical (unpaired) electrons. The van der Waals surface area contributed by atoms with Crippen molar-refractivity contribution in [2.24, 2.45) is 0 Å². The second-order valence-corrected chi connectivity index (χ2v) is 6.73. The molecule has 1 saturated heterocycles. The molecule has 1 atom stereocenters. The van der Waals surface area contributed by atoms with Gasteiger partial charge in [0.05, 0.1) is 0 Å². The number of carbonyl (C=O) groups is 1. The monoisotopic (exact) mass is 347 g/mol. The predicted molar refractivity (Wildman–Crippen MR) is 77.0 cm³/mol. The molecule has 0 aromatic heterocycles. The Morgan fingerprint density at radius 2 is 2.12 bits per heavy atom. The van der Waals surface area contributed by atoms with Crippen LogP contribution in [0.1, 0.15) is 17.3 Å². The first-order valence-electron chi connectivity index (χ1n) is 5.33. The summed E-state index contributed by atoms with van der Waals surface area (Å²) in [6.45, 7) is 3.92. The van der Waals surface area contributed by atoms with Gasteiger partial charge >= 0.3 is 0 Å². The molecule has 1 aliphatic rings. The number of carbonyl (C=O) groups excluding carboxylic acids is 1. The van der Waals surface area contributed by atoms with Gasteiger partial charge in [-0.15, -0.1) is 0 Å². The Kier molecular flexibility index (Phi) is 4.13. The van der Waals surface area contributed by atoms with Gasteiger partial charge in [-0.1, -0.05) is 6.92 Å². The first-order chi connectivity index (χ1) is 7.66. The molecule has 1 unspecified atom stereocenters. The fraction of sp³-hybridized carbons (Fsp3) is 0.417. The van der Waals surface area contributed by atoms with Crippen molar-refractivity contribution in [3.8, 4) is 0 Å². The van der Waals surface area contributed by atoms with Crippen molar-refractivity contribution in [3.05, 3.63) is 33.4 Å². The van der Waals surface area contributed by atoms with Crippen LogP contribution in [0.5, 0.6) is 0 Å². The summed E-state index contributed by atoms with van der Waals surface area (Å²) in [4.78, 5) is 14.1. The molecule has 1 aromatic rings. The summed E-state index contributed by atoms with van der Waals surface area (Å²) in [6.07, 6.45) is 0. The number of benzene rings is 1. The van der Waals surface area contributed by atoms with Crippen molar-refractivity contribution in [1.82, 2.24) is 4.90 Å². The quantitative estimate of drug-likeness (QED) is 0.728.